The lowest BCUT2D eigenvalue weighted by Gasteiger charge is -2.08. The molecular formula is C11H24N2S2. The van der Waals surface area contributed by atoms with E-state index in [1.807, 2.05) is 38.6 Å². The molecule has 0 fully saturated rings. The van der Waals surface area contributed by atoms with Gasteiger partial charge in [-0.3, -0.25) is 0 Å². The molecule has 0 rings (SSSR count). The summed E-state index contributed by atoms with van der Waals surface area (Å²) in [6.45, 7) is 6.97. The molecule has 0 spiro atoms. The minimum atomic E-state index is 0.853. The Labute approximate surface area is 104 Å². The SMILES string of the molecule is CC.CC(=S)/C=C(\N)CSCCN(C)C. The molecule has 0 aliphatic heterocycles. The molecule has 0 saturated carbocycles. The van der Waals surface area contributed by atoms with Gasteiger partial charge in [0.05, 0.1) is 0 Å². The van der Waals surface area contributed by atoms with Gasteiger partial charge in [0.1, 0.15) is 0 Å². The van der Waals surface area contributed by atoms with Crippen LogP contribution in [0, 0.1) is 0 Å². The quantitative estimate of drug-likeness (QED) is 0.444. The van der Waals surface area contributed by atoms with Crippen LogP contribution in [0.2, 0.25) is 0 Å². The van der Waals surface area contributed by atoms with Crippen molar-refractivity contribution in [3.05, 3.63) is 11.8 Å². The van der Waals surface area contributed by atoms with Crippen LogP contribution in [-0.2, 0) is 0 Å². The Kier molecular flexibility index (Phi) is 13.9. The van der Waals surface area contributed by atoms with Crippen LogP contribution in [0.1, 0.15) is 20.8 Å². The summed E-state index contributed by atoms with van der Waals surface area (Å²) in [7, 11) is 4.14. The van der Waals surface area contributed by atoms with Crippen LogP contribution in [0.15, 0.2) is 11.8 Å². The zero-order valence-corrected chi connectivity index (χ0v) is 12.2. The molecule has 0 radical (unpaired) electrons. The van der Waals surface area contributed by atoms with Crippen LogP contribution >= 0.6 is 24.0 Å². The van der Waals surface area contributed by atoms with Crippen molar-refractivity contribution < 1.29 is 0 Å². The highest BCUT2D eigenvalue weighted by Crippen LogP contribution is 2.03. The topological polar surface area (TPSA) is 29.3 Å². The summed E-state index contributed by atoms with van der Waals surface area (Å²) in [6.07, 6.45) is 1.86. The van der Waals surface area contributed by atoms with Crippen LogP contribution in [0.25, 0.3) is 0 Å². The van der Waals surface area contributed by atoms with E-state index in [1.165, 1.54) is 0 Å². The molecule has 0 atom stereocenters. The standard InChI is InChI=1S/C9H18N2S2.C2H6/c1-8(12)6-9(10)7-13-5-4-11(2)3;1-2/h6H,4-5,7,10H2,1-3H3;1-2H3/b9-6-;. The molecule has 0 aromatic carbocycles. The first kappa shape index (κ1) is 17.3. The molecule has 4 heteroatoms. The highest BCUT2D eigenvalue weighted by atomic mass is 32.2. The van der Waals surface area contributed by atoms with E-state index in [1.54, 1.807) is 0 Å². The molecular weight excluding hydrogens is 224 g/mol. The third-order valence-electron chi connectivity index (χ3n) is 1.34. The first-order chi connectivity index (χ1) is 7.02. The lowest BCUT2D eigenvalue weighted by atomic mass is 10.4. The van der Waals surface area contributed by atoms with E-state index < -0.39 is 0 Å². The summed E-state index contributed by atoms with van der Waals surface area (Å²) in [4.78, 5) is 3.02. The van der Waals surface area contributed by atoms with Crippen LogP contribution in [0.5, 0.6) is 0 Å². The Balaban J connectivity index is 0. The van der Waals surface area contributed by atoms with Crippen molar-refractivity contribution in [2.75, 3.05) is 32.1 Å². The summed E-state index contributed by atoms with van der Waals surface area (Å²) in [5.74, 6) is 1.99. The summed E-state index contributed by atoms with van der Waals surface area (Å²) < 4.78 is 0. The highest BCUT2D eigenvalue weighted by molar-refractivity contribution is 7.99. The van der Waals surface area contributed by atoms with Gasteiger partial charge in [-0.15, -0.1) is 0 Å². The van der Waals surface area contributed by atoms with Gasteiger partial charge in [0.15, 0.2) is 0 Å². The summed E-state index contributed by atoms with van der Waals surface area (Å²) >= 11 is 6.76. The highest BCUT2D eigenvalue weighted by Gasteiger charge is 1.94. The average molecular weight is 248 g/mol. The van der Waals surface area contributed by atoms with E-state index in [9.17, 15) is 0 Å². The summed E-state index contributed by atoms with van der Waals surface area (Å²) in [5, 5.41) is 0. The van der Waals surface area contributed by atoms with Crippen molar-refractivity contribution in [1.29, 1.82) is 0 Å². The van der Waals surface area contributed by atoms with E-state index in [0.29, 0.717) is 0 Å². The first-order valence-electron chi connectivity index (χ1n) is 5.21. The zero-order valence-electron chi connectivity index (χ0n) is 10.5. The van der Waals surface area contributed by atoms with Crippen LogP contribution in [0.4, 0.5) is 0 Å². The van der Waals surface area contributed by atoms with E-state index in [0.717, 1.165) is 28.6 Å². The molecule has 0 aromatic heterocycles. The molecule has 0 bridgehead atoms. The van der Waals surface area contributed by atoms with Gasteiger partial charge in [-0.05, 0) is 27.1 Å². The molecule has 2 N–H and O–H groups in total. The number of thioether (sulfide) groups is 1. The predicted octanol–water partition coefficient (Wildman–Crippen LogP) is 2.54. The lowest BCUT2D eigenvalue weighted by Crippen LogP contribution is -2.15. The van der Waals surface area contributed by atoms with Crippen molar-refractivity contribution in [3.8, 4) is 0 Å². The Morgan fingerprint density at radius 2 is 1.93 bits per heavy atom. The maximum atomic E-state index is 5.73. The van der Waals surface area contributed by atoms with Crippen molar-refractivity contribution in [1.82, 2.24) is 4.90 Å². The Hall–Kier alpha value is -0.0600. The third kappa shape index (κ3) is 16.6. The van der Waals surface area contributed by atoms with Gasteiger partial charge in [-0.1, -0.05) is 26.1 Å². The van der Waals surface area contributed by atoms with Gasteiger partial charge in [0.2, 0.25) is 0 Å². The van der Waals surface area contributed by atoms with Crippen LogP contribution in [-0.4, -0.2) is 41.9 Å². The zero-order chi connectivity index (χ0) is 12.3. The van der Waals surface area contributed by atoms with Gasteiger partial charge in [0, 0.05) is 28.6 Å². The average Bonchev–Trinajstić information content (AvgIpc) is 2.14. The molecule has 0 aromatic rings. The van der Waals surface area contributed by atoms with Crippen molar-refractivity contribution in [2.24, 2.45) is 5.73 Å². The number of nitrogens with zero attached hydrogens (tertiary/aromatic N) is 1. The van der Waals surface area contributed by atoms with E-state index in [-0.39, 0.29) is 0 Å². The van der Waals surface area contributed by atoms with Gasteiger partial charge in [-0.25, -0.2) is 0 Å². The minimum absolute atomic E-state index is 0.853. The number of nitrogens with two attached hydrogens (primary N) is 1. The second-order valence-electron chi connectivity index (χ2n) is 3.19. The molecule has 0 heterocycles. The molecule has 0 unspecified atom stereocenters. The maximum Gasteiger partial charge on any atom is 0.0331 e. The normalized spacial score (nSPS) is 10.9. The van der Waals surface area contributed by atoms with E-state index in [2.05, 4.69) is 19.0 Å². The van der Waals surface area contributed by atoms with Gasteiger partial charge >= 0.3 is 0 Å². The second-order valence-corrected chi connectivity index (χ2v) is 4.93. The lowest BCUT2D eigenvalue weighted by molar-refractivity contribution is 0.437. The number of allylic oxidation sites excluding steroid dienone is 1. The van der Waals surface area contributed by atoms with Gasteiger partial charge < -0.3 is 10.6 Å². The fourth-order valence-electron chi connectivity index (χ4n) is 0.740. The van der Waals surface area contributed by atoms with Crippen LogP contribution in [0.3, 0.4) is 0 Å². The van der Waals surface area contributed by atoms with Gasteiger partial charge in [0.25, 0.3) is 0 Å². The van der Waals surface area contributed by atoms with Crippen molar-refractivity contribution in [3.63, 3.8) is 0 Å². The Bertz CT molecular complexity index is 189. The number of rotatable bonds is 6. The fraction of sp³-hybridized carbons (Fsp3) is 0.727. The molecule has 0 aliphatic rings. The van der Waals surface area contributed by atoms with E-state index >= 15 is 0 Å². The first-order valence-corrected chi connectivity index (χ1v) is 6.77. The summed E-state index contributed by atoms with van der Waals surface area (Å²) in [5.41, 5.74) is 6.60. The smallest absolute Gasteiger partial charge is 0.0331 e. The monoisotopic (exact) mass is 248 g/mol. The van der Waals surface area contributed by atoms with E-state index in [4.69, 9.17) is 18.0 Å². The number of hydrogen-bond donors (Lipinski definition) is 1. The number of hydrogen-bond acceptors (Lipinski definition) is 4. The van der Waals surface area contributed by atoms with Crippen LogP contribution < -0.4 is 5.73 Å². The Morgan fingerprint density at radius 3 is 2.33 bits per heavy atom. The minimum Gasteiger partial charge on any atom is -0.401 e. The van der Waals surface area contributed by atoms with Gasteiger partial charge in [-0.2, -0.15) is 11.8 Å². The number of thiocarbonyl (C=S) groups is 1. The Morgan fingerprint density at radius 1 is 1.40 bits per heavy atom. The summed E-state index contributed by atoms with van der Waals surface area (Å²) in [6, 6.07) is 0. The predicted molar refractivity (Wildman–Crippen MR) is 77.8 cm³/mol. The molecule has 0 aliphatic carbocycles. The molecule has 15 heavy (non-hydrogen) atoms. The second kappa shape index (κ2) is 12.0. The molecule has 0 saturated heterocycles. The van der Waals surface area contributed by atoms with Crippen molar-refractivity contribution in [2.45, 2.75) is 20.8 Å². The molecule has 90 valence electrons. The fourth-order valence-corrected chi connectivity index (χ4v) is 1.85. The largest absolute Gasteiger partial charge is 0.401 e. The third-order valence-corrected chi connectivity index (χ3v) is 2.47. The molecule has 0 amide bonds. The molecule has 2 nitrogen and oxygen atoms in total. The van der Waals surface area contributed by atoms with Crippen molar-refractivity contribution >= 4 is 28.8 Å². The maximum absolute atomic E-state index is 5.73.